The van der Waals surface area contributed by atoms with Crippen LogP contribution in [0.2, 0.25) is 5.02 Å². The second-order valence-electron chi connectivity index (χ2n) is 4.21. The van der Waals surface area contributed by atoms with Crippen LogP contribution in [0.25, 0.3) is 11.1 Å². The molecule has 1 aromatic carbocycles. The molecule has 17 heavy (non-hydrogen) atoms. The third kappa shape index (κ3) is 1.78. The summed E-state index contributed by atoms with van der Waals surface area (Å²) >= 11 is 6.03. The molecule has 3 rings (SSSR count). The minimum atomic E-state index is -0.373. The van der Waals surface area contributed by atoms with Gasteiger partial charge in [-0.05, 0) is 31.0 Å². The number of nitrogens with two attached hydrogens (primary N) is 1. The molecule has 0 unspecified atom stereocenters. The lowest BCUT2D eigenvalue weighted by Crippen LogP contribution is -1.90. The van der Waals surface area contributed by atoms with Gasteiger partial charge in [0.25, 0.3) is 0 Å². The molecule has 0 radical (unpaired) electrons. The van der Waals surface area contributed by atoms with Gasteiger partial charge >= 0.3 is 0 Å². The third-order valence-electron chi connectivity index (χ3n) is 2.91. The molecule has 1 aliphatic rings. The molecule has 1 aromatic heterocycles. The summed E-state index contributed by atoms with van der Waals surface area (Å²) in [6, 6.07) is 4.22. The lowest BCUT2D eigenvalue weighted by Gasteiger charge is -2.04. The van der Waals surface area contributed by atoms with Gasteiger partial charge in [0.05, 0.1) is 16.3 Å². The van der Waals surface area contributed by atoms with Crippen LogP contribution in [0.3, 0.4) is 0 Å². The first kappa shape index (κ1) is 10.6. The fraction of sp³-hybridized carbons (Fsp3) is 0.250. The van der Waals surface area contributed by atoms with Crippen LogP contribution in [0.5, 0.6) is 0 Å². The van der Waals surface area contributed by atoms with E-state index in [0.717, 1.165) is 18.5 Å². The molecular weight excluding hydrogens is 243 g/mol. The van der Waals surface area contributed by atoms with Gasteiger partial charge in [-0.3, -0.25) is 0 Å². The normalized spacial score (nSPS) is 15.2. The van der Waals surface area contributed by atoms with E-state index in [1.165, 1.54) is 12.1 Å². The van der Waals surface area contributed by atoms with E-state index in [2.05, 4.69) is 5.16 Å². The topological polar surface area (TPSA) is 52.0 Å². The fourth-order valence-corrected chi connectivity index (χ4v) is 2.18. The van der Waals surface area contributed by atoms with Crippen molar-refractivity contribution in [3.05, 3.63) is 34.7 Å². The molecule has 0 spiro atoms. The van der Waals surface area contributed by atoms with Gasteiger partial charge in [0.2, 0.25) is 5.88 Å². The summed E-state index contributed by atoms with van der Waals surface area (Å²) in [7, 11) is 0. The Morgan fingerprint density at radius 3 is 2.82 bits per heavy atom. The molecule has 0 amide bonds. The number of halogens is 2. The van der Waals surface area contributed by atoms with Gasteiger partial charge in [-0.1, -0.05) is 16.8 Å². The van der Waals surface area contributed by atoms with Crippen LogP contribution in [0.1, 0.15) is 24.5 Å². The summed E-state index contributed by atoms with van der Waals surface area (Å²) in [5.74, 6) is 0.259. The zero-order valence-electron chi connectivity index (χ0n) is 8.91. The highest BCUT2D eigenvalue weighted by Gasteiger charge is 2.32. The molecule has 0 saturated heterocycles. The SMILES string of the molecule is Nc1onc(C2CC2)c1-c1ccc(F)cc1Cl. The first-order valence-corrected chi connectivity index (χ1v) is 5.75. The molecule has 0 bridgehead atoms. The van der Waals surface area contributed by atoms with Gasteiger partial charge < -0.3 is 10.3 Å². The maximum Gasteiger partial charge on any atom is 0.230 e. The zero-order chi connectivity index (χ0) is 12.0. The van der Waals surface area contributed by atoms with E-state index >= 15 is 0 Å². The molecule has 0 atom stereocenters. The van der Waals surface area contributed by atoms with E-state index < -0.39 is 0 Å². The quantitative estimate of drug-likeness (QED) is 0.889. The summed E-state index contributed by atoms with van der Waals surface area (Å²) in [6.45, 7) is 0. The van der Waals surface area contributed by atoms with E-state index in [9.17, 15) is 4.39 Å². The summed E-state index contributed by atoms with van der Waals surface area (Å²) in [5, 5.41) is 4.29. The van der Waals surface area contributed by atoms with E-state index in [0.29, 0.717) is 22.1 Å². The van der Waals surface area contributed by atoms with Gasteiger partial charge in [-0.2, -0.15) is 0 Å². The number of hydrogen-bond donors (Lipinski definition) is 1. The minimum Gasteiger partial charge on any atom is -0.367 e. The Kier molecular flexibility index (Phi) is 2.33. The molecule has 5 heteroatoms. The zero-order valence-corrected chi connectivity index (χ0v) is 9.67. The maximum absolute atomic E-state index is 13.0. The average Bonchev–Trinajstić information content (AvgIpc) is 3.04. The number of hydrogen-bond acceptors (Lipinski definition) is 3. The van der Waals surface area contributed by atoms with Gasteiger partial charge in [0.1, 0.15) is 5.82 Å². The Balaban J connectivity index is 2.16. The van der Waals surface area contributed by atoms with E-state index in [4.69, 9.17) is 21.9 Å². The van der Waals surface area contributed by atoms with Gasteiger partial charge in [0.15, 0.2) is 0 Å². The van der Waals surface area contributed by atoms with Crippen molar-refractivity contribution in [2.24, 2.45) is 0 Å². The monoisotopic (exact) mass is 252 g/mol. The highest BCUT2D eigenvalue weighted by Crippen LogP contribution is 2.47. The molecule has 1 heterocycles. The highest BCUT2D eigenvalue weighted by atomic mass is 35.5. The Labute approximate surface area is 102 Å². The van der Waals surface area contributed by atoms with Gasteiger partial charge in [0, 0.05) is 11.5 Å². The number of nitrogen functional groups attached to an aromatic ring is 1. The Morgan fingerprint density at radius 2 is 2.18 bits per heavy atom. The molecule has 0 aliphatic heterocycles. The molecular formula is C12H10ClFN2O. The lowest BCUT2D eigenvalue weighted by molar-refractivity contribution is 0.428. The van der Waals surface area contributed by atoms with E-state index in [-0.39, 0.29) is 11.7 Å². The van der Waals surface area contributed by atoms with Gasteiger partial charge in [-0.25, -0.2) is 4.39 Å². The van der Waals surface area contributed by atoms with E-state index in [1.807, 2.05) is 0 Å². The molecule has 88 valence electrons. The van der Waals surface area contributed by atoms with E-state index in [1.54, 1.807) is 6.07 Å². The van der Waals surface area contributed by atoms with Crippen molar-refractivity contribution in [3.63, 3.8) is 0 Å². The molecule has 1 aliphatic carbocycles. The number of benzene rings is 1. The predicted molar refractivity (Wildman–Crippen MR) is 63.3 cm³/mol. The average molecular weight is 253 g/mol. The fourth-order valence-electron chi connectivity index (χ4n) is 1.91. The summed E-state index contributed by atoms with van der Waals surface area (Å²) in [5.41, 5.74) is 7.97. The van der Waals surface area contributed by atoms with Crippen molar-refractivity contribution in [1.29, 1.82) is 0 Å². The van der Waals surface area contributed by atoms with Crippen LogP contribution in [0.15, 0.2) is 22.7 Å². The first-order valence-electron chi connectivity index (χ1n) is 5.37. The number of anilines is 1. The Bertz CT molecular complexity index is 578. The van der Waals surface area contributed by atoms with Crippen LogP contribution in [0.4, 0.5) is 10.3 Å². The van der Waals surface area contributed by atoms with Crippen molar-refractivity contribution in [3.8, 4) is 11.1 Å². The standard InChI is InChI=1S/C12H10ClFN2O/c13-9-5-7(14)3-4-8(9)10-11(6-1-2-6)16-17-12(10)15/h3-6H,1-2,15H2. The Hall–Kier alpha value is -1.55. The third-order valence-corrected chi connectivity index (χ3v) is 3.22. The largest absolute Gasteiger partial charge is 0.367 e. The van der Waals surface area contributed by atoms with Crippen LogP contribution < -0.4 is 5.73 Å². The summed E-state index contributed by atoms with van der Waals surface area (Å²) in [4.78, 5) is 0. The lowest BCUT2D eigenvalue weighted by atomic mass is 10.0. The van der Waals surface area contributed by atoms with Crippen LogP contribution >= 0.6 is 11.6 Å². The number of nitrogens with zero attached hydrogens (tertiary/aromatic N) is 1. The molecule has 1 fully saturated rings. The minimum absolute atomic E-state index is 0.236. The van der Waals surface area contributed by atoms with Crippen molar-refractivity contribution in [2.75, 3.05) is 5.73 Å². The summed E-state index contributed by atoms with van der Waals surface area (Å²) < 4.78 is 18.0. The molecule has 1 saturated carbocycles. The highest BCUT2D eigenvalue weighted by molar-refractivity contribution is 6.33. The molecule has 2 aromatic rings. The van der Waals surface area contributed by atoms with Crippen molar-refractivity contribution in [2.45, 2.75) is 18.8 Å². The predicted octanol–water partition coefficient (Wildman–Crippen LogP) is 3.59. The van der Waals surface area contributed by atoms with Crippen molar-refractivity contribution < 1.29 is 8.91 Å². The van der Waals surface area contributed by atoms with Crippen molar-refractivity contribution in [1.82, 2.24) is 5.16 Å². The van der Waals surface area contributed by atoms with Crippen LogP contribution in [-0.4, -0.2) is 5.16 Å². The van der Waals surface area contributed by atoms with Crippen molar-refractivity contribution >= 4 is 17.5 Å². The summed E-state index contributed by atoms with van der Waals surface area (Å²) in [6.07, 6.45) is 2.16. The second kappa shape index (κ2) is 3.74. The van der Waals surface area contributed by atoms with Crippen LogP contribution in [0, 0.1) is 5.82 Å². The number of aromatic nitrogens is 1. The smallest absolute Gasteiger partial charge is 0.230 e. The van der Waals surface area contributed by atoms with Gasteiger partial charge in [-0.15, -0.1) is 0 Å². The second-order valence-corrected chi connectivity index (χ2v) is 4.61. The number of rotatable bonds is 2. The molecule has 3 nitrogen and oxygen atoms in total. The molecule has 2 N–H and O–H groups in total. The first-order chi connectivity index (χ1) is 8.16. The maximum atomic E-state index is 13.0. The van der Waals surface area contributed by atoms with Crippen LogP contribution in [-0.2, 0) is 0 Å². The Morgan fingerprint density at radius 1 is 1.41 bits per heavy atom.